The van der Waals surface area contributed by atoms with Gasteiger partial charge in [-0.3, -0.25) is 4.79 Å². The molecular weight excluding hydrogens is 287 g/mol. The van der Waals surface area contributed by atoms with E-state index in [1.807, 2.05) is 13.8 Å². The van der Waals surface area contributed by atoms with Gasteiger partial charge in [0.05, 0.1) is 21.1 Å². The van der Waals surface area contributed by atoms with Gasteiger partial charge < -0.3 is 11.1 Å². The molecule has 0 aromatic heterocycles. The van der Waals surface area contributed by atoms with Crippen LogP contribution in [0, 0.1) is 11.2 Å². The number of carbonyl (C=O) groups is 1. The molecule has 0 saturated heterocycles. The highest BCUT2D eigenvalue weighted by atomic mass is 35.5. The van der Waals surface area contributed by atoms with Crippen LogP contribution in [-0.4, -0.2) is 10.9 Å². The van der Waals surface area contributed by atoms with Crippen LogP contribution < -0.4 is 11.1 Å². The van der Waals surface area contributed by atoms with E-state index < -0.39 is 17.1 Å². The first-order valence-electron chi connectivity index (χ1n) is 5.94. The van der Waals surface area contributed by atoms with E-state index in [4.69, 9.17) is 29.6 Å². The molecule has 6 heteroatoms. The quantitative estimate of drug-likeness (QED) is 0.818. The third-order valence-corrected chi connectivity index (χ3v) is 4.00. The third kappa shape index (κ3) is 3.04. The van der Waals surface area contributed by atoms with Gasteiger partial charge in [0.2, 0.25) is 5.91 Å². The minimum atomic E-state index is -0.968. The summed E-state index contributed by atoms with van der Waals surface area (Å²) in [4.78, 5) is 12.4. The highest BCUT2D eigenvalue weighted by Gasteiger charge is 2.38. The minimum absolute atomic E-state index is 0.0278. The normalized spacial score (nSPS) is 11.2. The lowest BCUT2D eigenvalue weighted by Crippen LogP contribution is -2.45. The molecule has 0 radical (unpaired) electrons. The fourth-order valence-corrected chi connectivity index (χ4v) is 2.43. The SMILES string of the molecule is CCC(CC)(C(=O)Nc1cccc(Cl)c1F)C(N)=S. The topological polar surface area (TPSA) is 55.1 Å². The van der Waals surface area contributed by atoms with Crippen LogP contribution in [0.5, 0.6) is 0 Å². The van der Waals surface area contributed by atoms with E-state index >= 15 is 0 Å². The number of halogens is 2. The van der Waals surface area contributed by atoms with Gasteiger partial charge in [0, 0.05) is 0 Å². The maximum atomic E-state index is 13.7. The van der Waals surface area contributed by atoms with Gasteiger partial charge >= 0.3 is 0 Å². The first-order chi connectivity index (χ1) is 8.89. The molecule has 0 aliphatic heterocycles. The average molecular weight is 303 g/mol. The number of nitrogens with two attached hydrogens (primary N) is 1. The van der Waals surface area contributed by atoms with Crippen molar-refractivity contribution in [2.45, 2.75) is 26.7 Å². The summed E-state index contributed by atoms with van der Waals surface area (Å²) in [6, 6.07) is 4.41. The van der Waals surface area contributed by atoms with Crippen LogP contribution in [-0.2, 0) is 4.79 Å². The average Bonchev–Trinajstić information content (AvgIpc) is 2.36. The molecule has 0 saturated carbocycles. The molecule has 3 nitrogen and oxygen atoms in total. The van der Waals surface area contributed by atoms with Crippen molar-refractivity contribution >= 4 is 40.4 Å². The molecule has 1 amide bonds. The van der Waals surface area contributed by atoms with E-state index in [0.29, 0.717) is 12.8 Å². The summed E-state index contributed by atoms with van der Waals surface area (Å²) in [7, 11) is 0. The molecule has 0 bridgehead atoms. The Balaban J connectivity index is 3.07. The zero-order valence-electron chi connectivity index (χ0n) is 10.8. The van der Waals surface area contributed by atoms with Crippen molar-refractivity contribution < 1.29 is 9.18 Å². The number of nitrogens with one attached hydrogen (secondary N) is 1. The number of carbonyl (C=O) groups excluding carboxylic acids is 1. The second kappa shape index (κ2) is 6.30. The Morgan fingerprint density at radius 1 is 1.47 bits per heavy atom. The molecule has 0 unspecified atom stereocenters. The largest absolute Gasteiger partial charge is 0.392 e. The molecule has 0 fully saturated rings. The fourth-order valence-electron chi connectivity index (χ4n) is 1.87. The molecule has 0 aliphatic rings. The Morgan fingerprint density at radius 3 is 2.53 bits per heavy atom. The monoisotopic (exact) mass is 302 g/mol. The number of rotatable bonds is 5. The van der Waals surface area contributed by atoms with Gasteiger partial charge in [0.25, 0.3) is 0 Å². The predicted octanol–water partition coefficient (Wildman–Crippen LogP) is 3.51. The summed E-state index contributed by atoms with van der Waals surface area (Å²) in [6.45, 7) is 3.63. The molecule has 0 spiro atoms. The lowest BCUT2D eigenvalue weighted by atomic mass is 9.81. The molecule has 1 aromatic rings. The molecule has 0 aliphatic carbocycles. The van der Waals surface area contributed by atoms with Crippen molar-refractivity contribution in [3.8, 4) is 0 Å². The van der Waals surface area contributed by atoms with Crippen LogP contribution in [0.2, 0.25) is 5.02 Å². The summed E-state index contributed by atoms with van der Waals surface area (Å²) in [5.41, 5.74) is 4.73. The van der Waals surface area contributed by atoms with Crippen molar-refractivity contribution in [3.63, 3.8) is 0 Å². The zero-order valence-corrected chi connectivity index (χ0v) is 12.4. The Hall–Kier alpha value is -1.20. The van der Waals surface area contributed by atoms with Gasteiger partial charge in [0.1, 0.15) is 0 Å². The molecule has 0 atom stereocenters. The van der Waals surface area contributed by atoms with Crippen LogP contribution in [0.25, 0.3) is 0 Å². The number of anilines is 1. The Kier molecular flexibility index (Phi) is 5.26. The number of hydrogen-bond donors (Lipinski definition) is 2. The van der Waals surface area contributed by atoms with Gasteiger partial charge in [-0.2, -0.15) is 0 Å². The van der Waals surface area contributed by atoms with Crippen LogP contribution in [0.1, 0.15) is 26.7 Å². The summed E-state index contributed by atoms with van der Waals surface area (Å²) in [6.07, 6.45) is 0.902. The summed E-state index contributed by atoms with van der Waals surface area (Å²) < 4.78 is 13.7. The van der Waals surface area contributed by atoms with Crippen LogP contribution >= 0.6 is 23.8 Å². The molecule has 19 heavy (non-hydrogen) atoms. The van der Waals surface area contributed by atoms with Crippen molar-refractivity contribution in [2.75, 3.05) is 5.32 Å². The second-order valence-corrected chi connectivity index (χ2v) is 5.06. The summed E-state index contributed by atoms with van der Waals surface area (Å²) >= 11 is 10.6. The number of thiocarbonyl (C=S) groups is 1. The zero-order chi connectivity index (χ0) is 14.6. The minimum Gasteiger partial charge on any atom is -0.392 e. The molecular formula is C13H16ClFN2OS. The second-order valence-electron chi connectivity index (χ2n) is 4.21. The van der Waals surface area contributed by atoms with Gasteiger partial charge in [-0.05, 0) is 25.0 Å². The van der Waals surface area contributed by atoms with E-state index in [2.05, 4.69) is 5.32 Å². The molecule has 104 valence electrons. The Bertz CT molecular complexity index is 503. The van der Waals surface area contributed by atoms with Crippen LogP contribution in [0.4, 0.5) is 10.1 Å². The molecule has 3 N–H and O–H groups in total. The van der Waals surface area contributed by atoms with Gasteiger partial charge in [-0.25, -0.2) is 4.39 Å². The smallest absolute Gasteiger partial charge is 0.237 e. The predicted molar refractivity (Wildman–Crippen MR) is 79.8 cm³/mol. The van der Waals surface area contributed by atoms with Gasteiger partial charge in [0.15, 0.2) is 5.82 Å². The maximum absolute atomic E-state index is 13.7. The van der Waals surface area contributed by atoms with Gasteiger partial charge in [-0.15, -0.1) is 0 Å². The number of benzene rings is 1. The van der Waals surface area contributed by atoms with Crippen molar-refractivity contribution in [1.29, 1.82) is 0 Å². The summed E-state index contributed by atoms with van der Waals surface area (Å²) in [5, 5.41) is 2.46. The Labute approximate surface area is 122 Å². The first kappa shape index (κ1) is 15.9. The van der Waals surface area contributed by atoms with Crippen molar-refractivity contribution in [1.82, 2.24) is 0 Å². The fraction of sp³-hybridized carbons (Fsp3) is 0.385. The number of hydrogen-bond acceptors (Lipinski definition) is 2. The van der Waals surface area contributed by atoms with E-state index in [-0.39, 0.29) is 15.7 Å². The van der Waals surface area contributed by atoms with Gasteiger partial charge in [-0.1, -0.05) is 43.7 Å². The lowest BCUT2D eigenvalue weighted by molar-refractivity contribution is -0.122. The Morgan fingerprint density at radius 2 is 2.05 bits per heavy atom. The molecule has 1 aromatic carbocycles. The number of amides is 1. The highest BCUT2D eigenvalue weighted by Crippen LogP contribution is 2.30. The maximum Gasteiger partial charge on any atom is 0.237 e. The van der Waals surface area contributed by atoms with E-state index in [0.717, 1.165) is 0 Å². The van der Waals surface area contributed by atoms with E-state index in [9.17, 15) is 9.18 Å². The lowest BCUT2D eigenvalue weighted by Gasteiger charge is -2.29. The van der Waals surface area contributed by atoms with E-state index in [1.165, 1.54) is 12.1 Å². The van der Waals surface area contributed by atoms with Crippen LogP contribution in [0.15, 0.2) is 18.2 Å². The van der Waals surface area contributed by atoms with Crippen molar-refractivity contribution in [3.05, 3.63) is 29.0 Å². The summed E-state index contributed by atoms with van der Waals surface area (Å²) in [5.74, 6) is -1.08. The highest BCUT2D eigenvalue weighted by molar-refractivity contribution is 7.80. The third-order valence-electron chi connectivity index (χ3n) is 3.31. The molecule has 0 heterocycles. The standard InChI is InChI=1S/C13H16ClFN2OS/c1-3-13(4-2,11(16)19)12(18)17-9-7-5-6-8(14)10(9)15/h5-7H,3-4H2,1-2H3,(H2,16,19)(H,17,18). The van der Waals surface area contributed by atoms with Crippen LogP contribution in [0.3, 0.4) is 0 Å². The first-order valence-corrected chi connectivity index (χ1v) is 6.73. The molecule has 1 rings (SSSR count). The van der Waals surface area contributed by atoms with E-state index in [1.54, 1.807) is 6.07 Å². The van der Waals surface area contributed by atoms with Crippen molar-refractivity contribution in [2.24, 2.45) is 11.1 Å².